The molecule has 3 rings (SSSR count). The van der Waals surface area contributed by atoms with Crippen molar-refractivity contribution in [1.29, 1.82) is 0 Å². The van der Waals surface area contributed by atoms with Crippen LogP contribution in [0.5, 0.6) is 0 Å². The molecule has 3 aromatic heterocycles. The second-order valence-electron chi connectivity index (χ2n) is 4.04. The molecule has 0 spiro atoms. The molecule has 92 valence electrons. The van der Waals surface area contributed by atoms with E-state index in [-0.39, 0.29) is 0 Å². The fourth-order valence-corrected chi connectivity index (χ4v) is 1.83. The maximum absolute atomic E-state index is 4.51. The van der Waals surface area contributed by atoms with Gasteiger partial charge in [0.2, 0.25) is 0 Å². The smallest absolute Gasteiger partial charge is 0.137 e. The molecule has 1 N–H and O–H groups in total. The molecular weight excluding hydrogens is 228 g/mol. The lowest BCUT2D eigenvalue weighted by Gasteiger charge is -2.01. The minimum Gasteiger partial charge on any atom is -0.309 e. The summed E-state index contributed by atoms with van der Waals surface area (Å²) in [6.07, 6.45) is 7.58. The number of rotatable bonds is 5. The van der Waals surface area contributed by atoms with Crippen LogP contribution in [0.4, 0.5) is 0 Å². The number of pyridine rings is 1. The van der Waals surface area contributed by atoms with E-state index in [0.29, 0.717) is 0 Å². The monoisotopic (exact) mass is 242 g/mol. The molecule has 0 aliphatic rings. The normalized spacial score (nSPS) is 11.1. The largest absolute Gasteiger partial charge is 0.309 e. The van der Waals surface area contributed by atoms with E-state index in [9.17, 15) is 0 Å². The van der Waals surface area contributed by atoms with Gasteiger partial charge in [0.05, 0.1) is 18.4 Å². The maximum atomic E-state index is 4.51. The van der Waals surface area contributed by atoms with Gasteiger partial charge in [0.15, 0.2) is 0 Å². The molecule has 0 saturated carbocycles. The molecule has 0 saturated heterocycles. The average Bonchev–Trinajstić information content (AvgIpc) is 3.03. The standard InChI is InChI=1S/C12H14N6/c1-2-6-17-10-11(15-12(17)3-1)9-13-4-7-18-8-5-14-16-18/h1-3,5-6,8,10,13H,4,7,9H2. The molecule has 3 heterocycles. The zero-order valence-electron chi connectivity index (χ0n) is 9.90. The number of nitrogens with zero attached hydrogens (tertiary/aromatic N) is 5. The number of imidazole rings is 1. The first-order chi connectivity index (χ1) is 8.92. The van der Waals surface area contributed by atoms with Crippen molar-refractivity contribution in [2.24, 2.45) is 0 Å². The van der Waals surface area contributed by atoms with Crippen molar-refractivity contribution in [1.82, 2.24) is 29.7 Å². The predicted molar refractivity (Wildman–Crippen MR) is 66.9 cm³/mol. The summed E-state index contributed by atoms with van der Waals surface area (Å²) in [6, 6.07) is 5.99. The lowest BCUT2D eigenvalue weighted by Crippen LogP contribution is -2.20. The van der Waals surface area contributed by atoms with E-state index in [0.717, 1.165) is 31.0 Å². The van der Waals surface area contributed by atoms with E-state index >= 15 is 0 Å². The fraction of sp³-hybridized carbons (Fsp3) is 0.250. The quantitative estimate of drug-likeness (QED) is 0.670. The summed E-state index contributed by atoms with van der Waals surface area (Å²) < 4.78 is 3.82. The van der Waals surface area contributed by atoms with E-state index < -0.39 is 0 Å². The van der Waals surface area contributed by atoms with Gasteiger partial charge in [0, 0.05) is 31.7 Å². The van der Waals surface area contributed by atoms with Crippen LogP contribution in [0.15, 0.2) is 43.0 Å². The van der Waals surface area contributed by atoms with Gasteiger partial charge >= 0.3 is 0 Å². The number of hydrogen-bond acceptors (Lipinski definition) is 4. The van der Waals surface area contributed by atoms with Gasteiger partial charge in [-0.05, 0) is 12.1 Å². The molecule has 6 heteroatoms. The van der Waals surface area contributed by atoms with Crippen molar-refractivity contribution < 1.29 is 0 Å². The Morgan fingerprint density at radius 1 is 1.22 bits per heavy atom. The topological polar surface area (TPSA) is 60.0 Å². The zero-order chi connectivity index (χ0) is 12.2. The van der Waals surface area contributed by atoms with E-state index in [1.165, 1.54) is 0 Å². The van der Waals surface area contributed by atoms with Gasteiger partial charge in [-0.15, -0.1) is 5.10 Å². The van der Waals surface area contributed by atoms with Gasteiger partial charge in [-0.2, -0.15) is 0 Å². The van der Waals surface area contributed by atoms with Gasteiger partial charge in [-0.25, -0.2) is 4.98 Å². The first-order valence-electron chi connectivity index (χ1n) is 5.89. The van der Waals surface area contributed by atoms with Crippen LogP contribution in [-0.4, -0.2) is 30.9 Å². The first kappa shape index (κ1) is 10.9. The molecule has 0 aliphatic heterocycles. The highest BCUT2D eigenvalue weighted by Crippen LogP contribution is 2.03. The van der Waals surface area contributed by atoms with Crippen LogP contribution in [0.25, 0.3) is 5.65 Å². The van der Waals surface area contributed by atoms with Crippen LogP contribution in [0.3, 0.4) is 0 Å². The highest BCUT2D eigenvalue weighted by Gasteiger charge is 2.00. The molecule has 3 aromatic rings. The van der Waals surface area contributed by atoms with Gasteiger partial charge in [-0.3, -0.25) is 4.68 Å². The van der Waals surface area contributed by atoms with Crippen molar-refractivity contribution in [2.75, 3.05) is 6.54 Å². The second-order valence-corrected chi connectivity index (χ2v) is 4.04. The molecule has 18 heavy (non-hydrogen) atoms. The lowest BCUT2D eigenvalue weighted by molar-refractivity contribution is 0.538. The average molecular weight is 242 g/mol. The summed E-state index contributed by atoms with van der Waals surface area (Å²) in [4.78, 5) is 4.51. The molecule has 0 unspecified atom stereocenters. The van der Waals surface area contributed by atoms with Crippen LogP contribution in [0.2, 0.25) is 0 Å². The van der Waals surface area contributed by atoms with Crippen LogP contribution in [0, 0.1) is 0 Å². The van der Waals surface area contributed by atoms with Gasteiger partial charge in [0.1, 0.15) is 5.65 Å². The fourth-order valence-electron chi connectivity index (χ4n) is 1.83. The summed E-state index contributed by atoms with van der Waals surface area (Å²) in [5.41, 5.74) is 2.02. The molecule has 0 bridgehead atoms. The van der Waals surface area contributed by atoms with Crippen molar-refractivity contribution in [3.8, 4) is 0 Å². The number of fused-ring (bicyclic) bond motifs is 1. The number of aromatic nitrogens is 5. The third kappa shape index (κ3) is 2.38. The Balaban J connectivity index is 1.53. The molecule has 0 fully saturated rings. The summed E-state index contributed by atoms with van der Waals surface area (Å²) in [5, 5.41) is 11.0. The highest BCUT2D eigenvalue weighted by atomic mass is 15.4. The van der Waals surface area contributed by atoms with Crippen molar-refractivity contribution >= 4 is 5.65 Å². The van der Waals surface area contributed by atoms with Crippen LogP contribution in [0.1, 0.15) is 5.69 Å². The van der Waals surface area contributed by atoms with E-state index in [1.807, 2.05) is 41.2 Å². The Bertz CT molecular complexity index is 579. The number of nitrogens with one attached hydrogen (secondary N) is 1. The molecule has 0 aliphatic carbocycles. The Labute approximate surface area is 104 Å². The van der Waals surface area contributed by atoms with Crippen LogP contribution in [-0.2, 0) is 13.1 Å². The third-order valence-corrected chi connectivity index (χ3v) is 2.71. The molecule has 0 atom stereocenters. The molecule has 0 radical (unpaired) electrons. The van der Waals surface area contributed by atoms with Gasteiger partial charge in [0.25, 0.3) is 0 Å². The summed E-state index contributed by atoms with van der Waals surface area (Å²) >= 11 is 0. The maximum Gasteiger partial charge on any atom is 0.137 e. The van der Waals surface area contributed by atoms with Crippen molar-refractivity contribution in [3.05, 3.63) is 48.7 Å². The first-order valence-corrected chi connectivity index (χ1v) is 5.89. The van der Waals surface area contributed by atoms with E-state index in [2.05, 4.69) is 20.6 Å². The van der Waals surface area contributed by atoms with E-state index in [1.54, 1.807) is 10.9 Å². The predicted octanol–water partition coefficient (Wildman–Crippen LogP) is 0.716. The molecule has 0 amide bonds. The molecule has 6 nitrogen and oxygen atoms in total. The van der Waals surface area contributed by atoms with Gasteiger partial charge in [-0.1, -0.05) is 11.3 Å². The Hall–Kier alpha value is -2.21. The molecular formula is C12H14N6. The second kappa shape index (κ2) is 4.97. The van der Waals surface area contributed by atoms with E-state index in [4.69, 9.17) is 0 Å². The Kier molecular flexibility index (Phi) is 3.01. The lowest BCUT2D eigenvalue weighted by atomic mass is 10.4. The Morgan fingerprint density at radius 2 is 2.22 bits per heavy atom. The molecule has 0 aromatic carbocycles. The summed E-state index contributed by atoms with van der Waals surface area (Å²) in [7, 11) is 0. The minimum absolute atomic E-state index is 0.760. The van der Waals surface area contributed by atoms with Crippen LogP contribution >= 0.6 is 0 Å². The third-order valence-electron chi connectivity index (χ3n) is 2.71. The Morgan fingerprint density at radius 3 is 3.06 bits per heavy atom. The minimum atomic E-state index is 0.760. The van der Waals surface area contributed by atoms with Gasteiger partial charge < -0.3 is 9.72 Å². The SMILES string of the molecule is c1ccn2cc(CNCCn3ccnn3)nc2c1. The summed E-state index contributed by atoms with van der Waals surface area (Å²) in [5.74, 6) is 0. The van der Waals surface area contributed by atoms with Crippen molar-refractivity contribution in [2.45, 2.75) is 13.1 Å². The zero-order valence-corrected chi connectivity index (χ0v) is 9.90. The number of hydrogen-bond donors (Lipinski definition) is 1. The summed E-state index contributed by atoms with van der Waals surface area (Å²) in [6.45, 7) is 2.42. The highest BCUT2D eigenvalue weighted by molar-refractivity contribution is 5.39. The van der Waals surface area contributed by atoms with Crippen LogP contribution < -0.4 is 5.32 Å². The van der Waals surface area contributed by atoms with Crippen molar-refractivity contribution in [3.63, 3.8) is 0 Å².